The summed E-state index contributed by atoms with van der Waals surface area (Å²) in [6, 6.07) is 7.33. The predicted molar refractivity (Wildman–Crippen MR) is 105 cm³/mol. The van der Waals surface area contributed by atoms with Gasteiger partial charge in [0.1, 0.15) is 0 Å². The second-order valence-electron chi connectivity index (χ2n) is 6.12. The fraction of sp³-hybridized carbons (Fsp3) is 0.412. The smallest absolute Gasteiger partial charge is 0.253 e. The van der Waals surface area contributed by atoms with E-state index in [1.54, 1.807) is 29.6 Å². The highest BCUT2D eigenvalue weighted by Gasteiger charge is 2.25. The van der Waals surface area contributed by atoms with Crippen molar-refractivity contribution in [3.05, 3.63) is 53.6 Å². The molecule has 4 N–H and O–H groups in total. The van der Waals surface area contributed by atoms with Gasteiger partial charge in [-0.05, 0) is 17.7 Å². The van der Waals surface area contributed by atoms with Crippen molar-refractivity contribution in [3.63, 3.8) is 0 Å². The molecule has 1 fully saturated rings. The summed E-state index contributed by atoms with van der Waals surface area (Å²) >= 11 is 0. The molecule has 1 atom stereocenters. The number of hydrogen-bond donors (Lipinski definition) is 3. The fourth-order valence-electron chi connectivity index (χ4n) is 2.96. The van der Waals surface area contributed by atoms with E-state index in [2.05, 4.69) is 14.9 Å². The fourth-order valence-corrected chi connectivity index (χ4v) is 2.96. The van der Waals surface area contributed by atoms with Crippen LogP contribution >= 0.6 is 24.8 Å². The molecule has 1 aromatic carbocycles. The molecule has 1 aliphatic heterocycles. The van der Waals surface area contributed by atoms with Gasteiger partial charge in [0, 0.05) is 56.7 Å². The number of amides is 1. The topological polar surface area (TPSA) is 98.5 Å². The lowest BCUT2D eigenvalue weighted by molar-refractivity contribution is 0.0663. The van der Waals surface area contributed by atoms with Crippen molar-refractivity contribution in [1.29, 1.82) is 0 Å². The maximum absolute atomic E-state index is 12.7. The number of hydrogen-bond acceptors (Lipinski definition) is 5. The van der Waals surface area contributed by atoms with Gasteiger partial charge >= 0.3 is 0 Å². The molecule has 26 heavy (non-hydrogen) atoms. The second kappa shape index (κ2) is 10.5. The number of β-amino-alcohol motifs (C(OH)–C–C–N with tert-alkyl or cyclic N) is 1. The minimum Gasteiger partial charge on any atom is -0.390 e. The molecule has 0 spiro atoms. The summed E-state index contributed by atoms with van der Waals surface area (Å²) in [5.41, 5.74) is 8.21. The third-order valence-corrected chi connectivity index (χ3v) is 4.26. The molecule has 9 heteroatoms. The molecule has 1 saturated heterocycles. The molecule has 144 valence electrons. The third-order valence-electron chi connectivity index (χ3n) is 4.26. The summed E-state index contributed by atoms with van der Waals surface area (Å²) in [5, 5.41) is 10.3. The van der Waals surface area contributed by atoms with Crippen molar-refractivity contribution in [3.8, 4) is 0 Å². The van der Waals surface area contributed by atoms with Crippen molar-refractivity contribution in [1.82, 2.24) is 19.8 Å². The van der Waals surface area contributed by atoms with E-state index in [1.165, 1.54) is 0 Å². The molecule has 0 bridgehead atoms. The van der Waals surface area contributed by atoms with E-state index >= 15 is 0 Å². The van der Waals surface area contributed by atoms with Gasteiger partial charge in [0.05, 0.1) is 12.4 Å². The van der Waals surface area contributed by atoms with Gasteiger partial charge in [-0.2, -0.15) is 0 Å². The SMILES string of the molecule is Cl.Cl.NCc1ccc(C(=O)N2CCN(Cc3cnc[nH]3)CC(O)C2)cc1. The number of rotatable bonds is 4. The number of nitrogens with two attached hydrogens (primary N) is 1. The van der Waals surface area contributed by atoms with Gasteiger partial charge in [-0.1, -0.05) is 12.1 Å². The van der Waals surface area contributed by atoms with Crippen LogP contribution in [0.25, 0.3) is 0 Å². The molecule has 3 rings (SSSR count). The van der Waals surface area contributed by atoms with Gasteiger partial charge in [-0.15, -0.1) is 24.8 Å². The summed E-state index contributed by atoms with van der Waals surface area (Å²) < 4.78 is 0. The lowest BCUT2D eigenvalue weighted by Crippen LogP contribution is -2.37. The second-order valence-corrected chi connectivity index (χ2v) is 6.12. The zero-order chi connectivity index (χ0) is 16.9. The summed E-state index contributed by atoms with van der Waals surface area (Å²) in [6.07, 6.45) is 2.85. The Morgan fingerprint density at radius 1 is 1.23 bits per heavy atom. The molecular weight excluding hydrogens is 377 g/mol. The summed E-state index contributed by atoms with van der Waals surface area (Å²) in [6.45, 7) is 3.32. The molecule has 1 aromatic heterocycles. The Balaban J connectivity index is 0.00000169. The van der Waals surface area contributed by atoms with E-state index in [1.807, 2.05) is 12.1 Å². The van der Waals surface area contributed by atoms with Crippen molar-refractivity contribution >= 4 is 30.7 Å². The largest absolute Gasteiger partial charge is 0.390 e. The average Bonchev–Trinajstić information content (AvgIpc) is 3.03. The molecule has 7 nitrogen and oxygen atoms in total. The van der Waals surface area contributed by atoms with E-state index in [-0.39, 0.29) is 30.7 Å². The number of aliphatic hydroxyl groups is 1. The monoisotopic (exact) mass is 401 g/mol. The molecule has 1 amide bonds. The van der Waals surface area contributed by atoms with Gasteiger partial charge < -0.3 is 20.7 Å². The first-order valence-electron chi connectivity index (χ1n) is 8.11. The van der Waals surface area contributed by atoms with E-state index < -0.39 is 6.10 Å². The normalized spacial score (nSPS) is 17.8. The zero-order valence-corrected chi connectivity index (χ0v) is 16.0. The number of aliphatic hydroxyl groups excluding tert-OH is 1. The maximum Gasteiger partial charge on any atom is 0.253 e. The third kappa shape index (κ3) is 5.69. The Kier molecular flexibility index (Phi) is 9.04. The first kappa shape index (κ1) is 22.4. The minimum atomic E-state index is -0.567. The van der Waals surface area contributed by atoms with Crippen molar-refractivity contribution < 1.29 is 9.90 Å². The molecule has 1 unspecified atom stereocenters. The van der Waals surface area contributed by atoms with Crippen LogP contribution in [0, 0.1) is 0 Å². The molecule has 0 saturated carbocycles. The van der Waals surface area contributed by atoms with Crippen LogP contribution in [0.1, 0.15) is 21.6 Å². The molecular formula is C17H25Cl2N5O2. The van der Waals surface area contributed by atoms with E-state index in [4.69, 9.17) is 5.73 Å². The van der Waals surface area contributed by atoms with Crippen LogP contribution in [0.15, 0.2) is 36.8 Å². The molecule has 0 radical (unpaired) electrons. The Morgan fingerprint density at radius 3 is 2.58 bits per heavy atom. The zero-order valence-electron chi connectivity index (χ0n) is 14.4. The van der Waals surface area contributed by atoms with Gasteiger partial charge in [0.25, 0.3) is 5.91 Å². The van der Waals surface area contributed by atoms with Crippen molar-refractivity contribution in [2.75, 3.05) is 26.2 Å². The van der Waals surface area contributed by atoms with E-state index in [0.717, 1.165) is 11.3 Å². The first-order valence-corrected chi connectivity index (χ1v) is 8.11. The lowest BCUT2D eigenvalue weighted by atomic mass is 10.1. The van der Waals surface area contributed by atoms with E-state index in [0.29, 0.717) is 44.8 Å². The average molecular weight is 402 g/mol. The van der Waals surface area contributed by atoms with Crippen LogP contribution in [-0.4, -0.2) is 63.1 Å². The molecule has 2 heterocycles. The minimum absolute atomic E-state index is 0. The molecule has 1 aliphatic rings. The Labute approximate surface area is 165 Å². The van der Waals surface area contributed by atoms with Gasteiger partial charge in [0.15, 0.2) is 0 Å². The highest BCUT2D eigenvalue weighted by atomic mass is 35.5. The lowest BCUT2D eigenvalue weighted by Gasteiger charge is -2.22. The maximum atomic E-state index is 12.7. The first-order chi connectivity index (χ1) is 11.7. The number of aromatic nitrogens is 2. The van der Waals surface area contributed by atoms with Gasteiger partial charge in [-0.3, -0.25) is 9.69 Å². The van der Waals surface area contributed by atoms with Crippen molar-refractivity contribution in [2.45, 2.75) is 19.2 Å². The quantitative estimate of drug-likeness (QED) is 0.710. The van der Waals surface area contributed by atoms with Crippen molar-refractivity contribution in [2.24, 2.45) is 5.73 Å². The highest BCUT2D eigenvalue weighted by molar-refractivity contribution is 5.94. The number of H-pyrrole nitrogens is 1. The predicted octanol–water partition coefficient (Wildman–Crippen LogP) is 1.03. The number of nitrogens with one attached hydrogen (secondary N) is 1. The summed E-state index contributed by atoms with van der Waals surface area (Å²) in [5.74, 6) is -0.0546. The summed E-state index contributed by atoms with van der Waals surface area (Å²) in [4.78, 5) is 23.6. The van der Waals surface area contributed by atoms with Crippen LogP contribution < -0.4 is 5.73 Å². The standard InChI is InChI=1S/C17H23N5O2.2ClH/c18-7-13-1-3-14(4-2-13)17(24)22-6-5-21(10-16(23)11-22)9-15-8-19-12-20-15;;/h1-4,8,12,16,23H,5-7,9-11,18H2,(H,19,20);2*1H. The number of carbonyl (C=O) groups is 1. The van der Waals surface area contributed by atoms with Crippen LogP contribution in [0.3, 0.4) is 0 Å². The molecule has 0 aliphatic carbocycles. The number of halogens is 2. The van der Waals surface area contributed by atoms with E-state index in [9.17, 15) is 9.90 Å². The van der Waals surface area contributed by atoms with Gasteiger partial charge in [0.2, 0.25) is 0 Å². The number of aromatic amines is 1. The Bertz CT molecular complexity index is 666. The Hall–Kier alpha value is -1.64. The number of nitrogens with zero attached hydrogens (tertiary/aromatic N) is 3. The highest BCUT2D eigenvalue weighted by Crippen LogP contribution is 2.12. The van der Waals surface area contributed by atoms with Crippen LogP contribution in [0.2, 0.25) is 0 Å². The van der Waals surface area contributed by atoms with Crippen LogP contribution in [0.5, 0.6) is 0 Å². The van der Waals surface area contributed by atoms with Gasteiger partial charge in [-0.25, -0.2) is 4.98 Å². The summed E-state index contributed by atoms with van der Waals surface area (Å²) in [7, 11) is 0. The number of carbonyl (C=O) groups excluding carboxylic acids is 1. The van der Waals surface area contributed by atoms with Crippen LogP contribution in [0.4, 0.5) is 0 Å². The number of imidazole rings is 1. The molecule has 2 aromatic rings. The number of benzene rings is 1. The Morgan fingerprint density at radius 2 is 1.96 bits per heavy atom. The van der Waals surface area contributed by atoms with Crippen LogP contribution in [-0.2, 0) is 13.1 Å².